The van der Waals surface area contributed by atoms with Crippen LogP contribution in [0.25, 0.3) is 10.9 Å². The van der Waals surface area contributed by atoms with E-state index in [0.29, 0.717) is 29.5 Å². The third-order valence-electron chi connectivity index (χ3n) is 6.26. The molecule has 9 heteroatoms. The first-order chi connectivity index (χ1) is 16.3. The summed E-state index contributed by atoms with van der Waals surface area (Å²) in [7, 11) is 3.99. The van der Waals surface area contributed by atoms with Gasteiger partial charge < -0.3 is 15.5 Å². The number of halogens is 3. The number of aromatic nitrogens is 2. The highest BCUT2D eigenvalue weighted by atomic mass is 35.5. The topological polar surface area (TPSA) is 70.2 Å². The third-order valence-corrected chi connectivity index (χ3v) is 7.07. The van der Waals surface area contributed by atoms with Crippen LogP contribution in [0.15, 0.2) is 36.4 Å². The van der Waals surface area contributed by atoms with Crippen molar-refractivity contribution in [1.29, 1.82) is 0 Å². The molecule has 180 valence electrons. The van der Waals surface area contributed by atoms with Crippen LogP contribution in [-0.2, 0) is 0 Å². The van der Waals surface area contributed by atoms with E-state index in [4.69, 9.17) is 44.8 Å². The van der Waals surface area contributed by atoms with Crippen molar-refractivity contribution in [2.45, 2.75) is 38.1 Å². The first kappa shape index (κ1) is 24.8. The average molecular weight is 521 g/mol. The second-order valence-electron chi connectivity index (χ2n) is 8.93. The van der Waals surface area contributed by atoms with Gasteiger partial charge >= 0.3 is 0 Å². The fraction of sp³-hybridized carbons (Fsp3) is 0.400. The molecule has 6 nitrogen and oxygen atoms in total. The summed E-state index contributed by atoms with van der Waals surface area (Å²) in [6.45, 7) is 0.580. The van der Waals surface area contributed by atoms with E-state index < -0.39 is 0 Å². The lowest BCUT2D eigenvalue weighted by Gasteiger charge is -2.29. The minimum atomic E-state index is -0.271. The van der Waals surface area contributed by atoms with Gasteiger partial charge in [-0.3, -0.25) is 4.79 Å². The molecular formula is C25H28Cl3N5O. The Morgan fingerprint density at radius 3 is 2.38 bits per heavy atom. The highest BCUT2D eigenvalue weighted by Crippen LogP contribution is 2.31. The SMILES string of the molecule is CN(C)c1nc(N[C@H]2CC[C@@H](CCNC(=O)c3c(Cl)cc(Cl)cc3Cl)CC2)nc2ccccc12. The molecule has 0 spiro atoms. The zero-order valence-electron chi connectivity index (χ0n) is 19.2. The van der Waals surface area contributed by atoms with Gasteiger partial charge in [0.2, 0.25) is 5.95 Å². The molecule has 34 heavy (non-hydrogen) atoms. The summed E-state index contributed by atoms with van der Waals surface area (Å²) < 4.78 is 0. The van der Waals surface area contributed by atoms with E-state index in [2.05, 4.69) is 10.6 Å². The number of hydrogen-bond acceptors (Lipinski definition) is 5. The van der Waals surface area contributed by atoms with E-state index in [1.54, 1.807) is 0 Å². The van der Waals surface area contributed by atoms with Gasteiger partial charge in [0.15, 0.2) is 0 Å². The van der Waals surface area contributed by atoms with Gasteiger partial charge in [-0.15, -0.1) is 0 Å². The minimum Gasteiger partial charge on any atom is -0.362 e. The molecule has 1 aliphatic rings. The van der Waals surface area contributed by atoms with E-state index in [1.165, 1.54) is 12.1 Å². The van der Waals surface area contributed by atoms with E-state index >= 15 is 0 Å². The minimum absolute atomic E-state index is 0.259. The smallest absolute Gasteiger partial charge is 0.254 e. The largest absolute Gasteiger partial charge is 0.362 e. The monoisotopic (exact) mass is 519 g/mol. The Kier molecular flexibility index (Phi) is 8.02. The number of nitrogens with zero attached hydrogens (tertiary/aromatic N) is 3. The van der Waals surface area contributed by atoms with Crippen molar-refractivity contribution in [2.24, 2.45) is 5.92 Å². The predicted octanol–water partition coefficient (Wildman–Crippen LogP) is 6.45. The number of para-hydroxylation sites is 1. The number of nitrogens with one attached hydrogen (secondary N) is 2. The van der Waals surface area contributed by atoms with Crippen LogP contribution in [-0.4, -0.2) is 42.6 Å². The first-order valence-corrected chi connectivity index (χ1v) is 12.6. The van der Waals surface area contributed by atoms with Crippen molar-refractivity contribution in [3.63, 3.8) is 0 Å². The van der Waals surface area contributed by atoms with Crippen molar-refractivity contribution in [1.82, 2.24) is 15.3 Å². The molecule has 1 heterocycles. The normalized spacial score (nSPS) is 18.0. The van der Waals surface area contributed by atoms with Crippen molar-refractivity contribution in [3.8, 4) is 0 Å². The molecule has 0 unspecified atom stereocenters. The quantitative estimate of drug-likeness (QED) is 0.375. The molecule has 0 bridgehead atoms. The van der Waals surface area contributed by atoms with Crippen LogP contribution in [0, 0.1) is 5.92 Å². The van der Waals surface area contributed by atoms with Crippen molar-refractivity contribution >= 4 is 63.4 Å². The molecule has 0 aliphatic heterocycles. The Morgan fingerprint density at radius 2 is 1.71 bits per heavy atom. The van der Waals surface area contributed by atoms with Crippen LogP contribution in [0.5, 0.6) is 0 Å². The summed E-state index contributed by atoms with van der Waals surface area (Å²) in [4.78, 5) is 24.0. The summed E-state index contributed by atoms with van der Waals surface area (Å²) in [5.74, 6) is 1.88. The molecule has 1 aliphatic carbocycles. The maximum Gasteiger partial charge on any atom is 0.254 e. The number of hydrogen-bond donors (Lipinski definition) is 2. The van der Waals surface area contributed by atoms with Crippen molar-refractivity contribution in [2.75, 3.05) is 30.9 Å². The number of anilines is 2. The zero-order chi connectivity index (χ0) is 24.2. The number of amides is 1. The lowest BCUT2D eigenvalue weighted by molar-refractivity contribution is 0.0950. The molecule has 2 N–H and O–H groups in total. The van der Waals surface area contributed by atoms with Crippen LogP contribution in [0.3, 0.4) is 0 Å². The Labute approximate surface area is 215 Å². The number of benzene rings is 2. The maximum absolute atomic E-state index is 12.5. The molecular weight excluding hydrogens is 493 g/mol. The van der Waals surface area contributed by atoms with Crippen LogP contribution >= 0.6 is 34.8 Å². The Morgan fingerprint density at radius 1 is 1.03 bits per heavy atom. The fourth-order valence-corrected chi connectivity index (χ4v) is 5.47. The molecule has 1 amide bonds. The van der Waals surface area contributed by atoms with Crippen LogP contribution < -0.4 is 15.5 Å². The van der Waals surface area contributed by atoms with E-state index in [1.807, 2.05) is 43.3 Å². The second kappa shape index (κ2) is 11.0. The number of carbonyl (C=O) groups excluding carboxylic acids is 1. The van der Waals surface area contributed by atoms with Gasteiger partial charge in [0, 0.05) is 37.1 Å². The van der Waals surface area contributed by atoms with E-state index in [-0.39, 0.29) is 21.5 Å². The lowest BCUT2D eigenvalue weighted by Crippen LogP contribution is -2.30. The van der Waals surface area contributed by atoms with Gasteiger partial charge in [0.05, 0.1) is 21.1 Å². The predicted molar refractivity (Wildman–Crippen MR) is 142 cm³/mol. The third kappa shape index (κ3) is 5.85. The number of carbonyl (C=O) groups is 1. The van der Waals surface area contributed by atoms with Gasteiger partial charge in [-0.1, -0.05) is 46.9 Å². The molecule has 4 rings (SSSR count). The summed E-state index contributed by atoms with van der Waals surface area (Å²) in [6.07, 6.45) is 5.18. The summed E-state index contributed by atoms with van der Waals surface area (Å²) in [5.41, 5.74) is 1.21. The molecule has 0 atom stereocenters. The molecule has 1 fully saturated rings. The Bertz CT molecular complexity index is 1160. The Balaban J connectivity index is 1.28. The van der Waals surface area contributed by atoms with Gasteiger partial charge in [-0.25, -0.2) is 4.98 Å². The van der Waals surface area contributed by atoms with Crippen molar-refractivity contribution < 1.29 is 4.79 Å². The zero-order valence-corrected chi connectivity index (χ0v) is 21.5. The average Bonchev–Trinajstić information content (AvgIpc) is 2.79. The lowest BCUT2D eigenvalue weighted by atomic mass is 9.84. The van der Waals surface area contributed by atoms with Crippen molar-refractivity contribution in [3.05, 3.63) is 57.0 Å². The molecule has 3 aromatic rings. The second-order valence-corrected chi connectivity index (χ2v) is 10.2. The van der Waals surface area contributed by atoms with Gasteiger partial charge in [-0.2, -0.15) is 4.98 Å². The standard InChI is InChI=1S/C25H28Cl3N5O/c1-33(2)23-18-5-3-4-6-21(18)31-25(32-23)30-17-9-7-15(8-10-17)11-12-29-24(34)22-19(27)13-16(26)14-20(22)28/h3-6,13-15,17H,7-12H2,1-2H3,(H,29,34)(H,30,31,32)/t15-,17+. The summed E-state index contributed by atoms with van der Waals surface area (Å²) >= 11 is 18.2. The molecule has 0 radical (unpaired) electrons. The highest BCUT2D eigenvalue weighted by molar-refractivity contribution is 6.42. The van der Waals surface area contributed by atoms with Crippen LogP contribution in [0.2, 0.25) is 15.1 Å². The number of fused-ring (bicyclic) bond motifs is 1. The van der Waals surface area contributed by atoms with Gasteiger partial charge in [-0.05, 0) is 62.3 Å². The maximum atomic E-state index is 12.5. The molecule has 0 saturated heterocycles. The first-order valence-electron chi connectivity index (χ1n) is 11.4. The molecule has 2 aromatic carbocycles. The Hall–Kier alpha value is -2.28. The van der Waals surface area contributed by atoms with E-state index in [9.17, 15) is 4.79 Å². The summed E-state index contributed by atoms with van der Waals surface area (Å²) in [6, 6.07) is 11.5. The van der Waals surface area contributed by atoms with Crippen LogP contribution in [0.4, 0.5) is 11.8 Å². The van der Waals surface area contributed by atoms with Gasteiger partial charge in [0.1, 0.15) is 5.82 Å². The summed E-state index contributed by atoms with van der Waals surface area (Å²) in [5, 5.41) is 8.46. The molecule has 1 saturated carbocycles. The molecule has 1 aromatic heterocycles. The van der Waals surface area contributed by atoms with Crippen LogP contribution in [0.1, 0.15) is 42.5 Å². The number of rotatable bonds is 7. The highest BCUT2D eigenvalue weighted by Gasteiger charge is 2.23. The van der Waals surface area contributed by atoms with E-state index in [0.717, 1.165) is 48.8 Å². The van der Waals surface area contributed by atoms with Gasteiger partial charge in [0.25, 0.3) is 5.91 Å². The fourth-order valence-electron chi connectivity index (χ4n) is 4.48.